The molecule has 0 aromatic rings. The van der Waals surface area contributed by atoms with Crippen LogP contribution in [0.3, 0.4) is 0 Å². The summed E-state index contributed by atoms with van der Waals surface area (Å²) in [4.78, 5) is 11.8. The molecule has 0 aromatic heterocycles. The van der Waals surface area contributed by atoms with E-state index in [1.807, 2.05) is 0 Å². The smallest absolute Gasteiger partial charge is 0.224 e. The van der Waals surface area contributed by atoms with Crippen LogP contribution in [-0.2, 0) is 4.79 Å². The molecule has 1 aliphatic carbocycles. The molecule has 1 saturated heterocycles. The maximum Gasteiger partial charge on any atom is 0.224 e. The van der Waals surface area contributed by atoms with Crippen LogP contribution in [0.2, 0.25) is 0 Å². The fourth-order valence-corrected chi connectivity index (χ4v) is 2.44. The lowest BCUT2D eigenvalue weighted by molar-refractivity contribution is -0.125. The third-order valence-electron chi connectivity index (χ3n) is 3.38. The van der Waals surface area contributed by atoms with Crippen molar-refractivity contribution in [2.75, 3.05) is 13.1 Å². The van der Waals surface area contributed by atoms with Gasteiger partial charge in [-0.15, -0.1) is 12.4 Å². The van der Waals surface area contributed by atoms with Crippen molar-refractivity contribution < 1.29 is 4.79 Å². The van der Waals surface area contributed by atoms with E-state index in [1.165, 1.54) is 32.1 Å². The Morgan fingerprint density at radius 2 is 1.87 bits per heavy atom. The summed E-state index contributed by atoms with van der Waals surface area (Å²) in [5, 5.41) is 6.41. The Hall–Kier alpha value is -0.280. The highest BCUT2D eigenvalue weighted by Crippen LogP contribution is 2.18. The topological polar surface area (TPSA) is 41.1 Å². The summed E-state index contributed by atoms with van der Waals surface area (Å²) in [6.07, 6.45) is 7.30. The van der Waals surface area contributed by atoms with Gasteiger partial charge in [0.25, 0.3) is 0 Å². The second-order valence-corrected chi connectivity index (χ2v) is 4.53. The van der Waals surface area contributed by atoms with Crippen LogP contribution in [0.1, 0.15) is 38.5 Å². The second kappa shape index (κ2) is 6.33. The summed E-state index contributed by atoms with van der Waals surface area (Å²) < 4.78 is 0. The Balaban J connectivity index is 0.00000112. The van der Waals surface area contributed by atoms with E-state index >= 15 is 0 Å². The molecule has 88 valence electrons. The molecule has 1 heterocycles. The van der Waals surface area contributed by atoms with Crippen LogP contribution in [0.25, 0.3) is 0 Å². The van der Waals surface area contributed by atoms with Crippen LogP contribution in [0.15, 0.2) is 0 Å². The van der Waals surface area contributed by atoms with Gasteiger partial charge in [-0.05, 0) is 25.8 Å². The number of hydrogen-bond donors (Lipinski definition) is 2. The second-order valence-electron chi connectivity index (χ2n) is 4.53. The number of halogens is 1. The normalized spacial score (nSPS) is 27.1. The largest absolute Gasteiger partial charge is 0.353 e. The molecule has 1 aliphatic heterocycles. The molecule has 3 nitrogen and oxygen atoms in total. The van der Waals surface area contributed by atoms with Crippen LogP contribution >= 0.6 is 12.4 Å². The Kier molecular flexibility index (Phi) is 5.40. The Morgan fingerprint density at radius 1 is 1.13 bits per heavy atom. The SMILES string of the molecule is Cl.O=C(NC1CCCCC1)C1CCNC1. The Morgan fingerprint density at radius 3 is 2.47 bits per heavy atom. The molecule has 0 bridgehead atoms. The Labute approximate surface area is 97.8 Å². The summed E-state index contributed by atoms with van der Waals surface area (Å²) in [7, 11) is 0. The van der Waals surface area contributed by atoms with Gasteiger partial charge in [0.1, 0.15) is 0 Å². The highest BCUT2D eigenvalue weighted by atomic mass is 35.5. The monoisotopic (exact) mass is 232 g/mol. The summed E-state index contributed by atoms with van der Waals surface area (Å²) in [5.41, 5.74) is 0. The van der Waals surface area contributed by atoms with Gasteiger partial charge < -0.3 is 10.6 Å². The first-order chi connectivity index (χ1) is 6.86. The van der Waals surface area contributed by atoms with E-state index in [9.17, 15) is 4.79 Å². The van der Waals surface area contributed by atoms with Gasteiger partial charge in [0, 0.05) is 12.6 Å². The number of amides is 1. The van der Waals surface area contributed by atoms with Gasteiger partial charge >= 0.3 is 0 Å². The molecule has 1 saturated carbocycles. The van der Waals surface area contributed by atoms with E-state index in [-0.39, 0.29) is 24.2 Å². The van der Waals surface area contributed by atoms with E-state index in [0.717, 1.165) is 19.5 Å². The van der Waals surface area contributed by atoms with Crippen molar-refractivity contribution in [2.45, 2.75) is 44.6 Å². The molecule has 0 aromatic carbocycles. The molecule has 4 heteroatoms. The number of carbonyl (C=O) groups is 1. The molecule has 2 fully saturated rings. The minimum atomic E-state index is 0. The molecule has 1 atom stereocenters. The Bertz CT molecular complexity index is 199. The molecule has 0 spiro atoms. The lowest BCUT2D eigenvalue weighted by Crippen LogP contribution is -2.40. The average Bonchev–Trinajstić information content (AvgIpc) is 2.72. The minimum absolute atomic E-state index is 0. The van der Waals surface area contributed by atoms with Gasteiger partial charge in [-0.3, -0.25) is 4.79 Å². The molecule has 2 N–H and O–H groups in total. The standard InChI is InChI=1S/C11H20N2O.ClH/c14-11(9-6-7-12-8-9)13-10-4-2-1-3-5-10;/h9-10,12H,1-8H2,(H,13,14);1H. The maximum absolute atomic E-state index is 11.8. The molecule has 0 radical (unpaired) electrons. The number of hydrogen-bond acceptors (Lipinski definition) is 2. The summed E-state index contributed by atoms with van der Waals surface area (Å²) in [6.45, 7) is 1.88. The van der Waals surface area contributed by atoms with Crippen molar-refractivity contribution in [3.63, 3.8) is 0 Å². The van der Waals surface area contributed by atoms with E-state index < -0.39 is 0 Å². The zero-order chi connectivity index (χ0) is 9.80. The summed E-state index contributed by atoms with van der Waals surface area (Å²) in [6, 6.07) is 0.469. The fraction of sp³-hybridized carbons (Fsp3) is 0.909. The van der Waals surface area contributed by atoms with Crippen molar-refractivity contribution in [1.82, 2.24) is 10.6 Å². The number of carbonyl (C=O) groups excluding carboxylic acids is 1. The van der Waals surface area contributed by atoms with Crippen LogP contribution in [0.4, 0.5) is 0 Å². The van der Waals surface area contributed by atoms with Gasteiger partial charge in [0.2, 0.25) is 5.91 Å². The molecule has 1 amide bonds. The van der Waals surface area contributed by atoms with Crippen LogP contribution in [0, 0.1) is 5.92 Å². The molecular formula is C11H21ClN2O. The quantitative estimate of drug-likeness (QED) is 0.757. The number of rotatable bonds is 2. The minimum Gasteiger partial charge on any atom is -0.353 e. The first-order valence-corrected chi connectivity index (χ1v) is 5.87. The van der Waals surface area contributed by atoms with Gasteiger partial charge in [-0.1, -0.05) is 19.3 Å². The average molecular weight is 233 g/mol. The first-order valence-electron chi connectivity index (χ1n) is 5.87. The molecule has 15 heavy (non-hydrogen) atoms. The molecular weight excluding hydrogens is 212 g/mol. The molecule has 2 rings (SSSR count). The lowest BCUT2D eigenvalue weighted by Gasteiger charge is -2.24. The van der Waals surface area contributed by atoms with Crippen molar-refractivity contribution in [1.29, 1.82) is 0 Å². The maximum atomic E-state index is 11.8. The van der Waals surface area contributed by atoms with E-state index in [1.54, 1.807) is 0 Å². The zero-order valence-electron chi connectivity index (χ0n) is 9.13. The van der Waals surface area contributed by atoms with E-state index in [0.29, 0.717) is 6.04 Å². The predicted octanol–water partition coefficient (Wildman–Crippen LogP) is 1.47. The number of nitrogens with one attached hydrogen (secondary N) is 2. The molecule has 1 unspecified atom stereocenters. The third kappa shape index (κ3) is 3.65. The van der Waals surface area contributed by atoms with Crippen molar-refractivity contribution in [3.05, 3.63) is 0 Å². The first kappa shape index (κ1) is 12.8. The fourth-order valence-electron chi connectivity index (χ4n) is 2.44. The van der Waals surface area contributed by atoms with Crippen LogP contribution < -0.4 is 10.6 Å². The van der Waals surface area contributed by atoms with Gasteiger partial charge in [-0.25, -0.2) is 0 Å². The van der Waals surface area contributed by atoms with Crippen LogP contribution in [0.5, 0.6) is 0 Å². The lowest BCUT2D eigenvalue weighted by atomic mass is 9.95. The van der Waals surface area contributed by atoms with E-state index in [2.05, 4.69) is 10.6 Å². The van der Waals surface area contributed by atoms with Gasteiger partial charge in [0.15, 0.2) is 0 Å². The summed E-state index contributed by atoms with van der Waals surface area (Å²) >= 11 is 0. The molecule has 2 aliphatic rings. The third-order valence-corrected chi connectivity index (χ3v) is 3.38. The van der Waals surface area contributed by atoms with Crippen molar-refractivity contribution in [3.8, 4) is 0 Å². The predicted molar refractivity (Wildman–Crippen MR) is 63.2 cm³/mol. The highest BCUT2D eigenvalue weighted by molar-refractivity contribution is 5.85. The van der Waals surface area contributed by atoms with Crippen LogP contribution in [-0.4, -0.2) is 25.0 Å². The van der Waals surface area contributed by atoms with Gasteiger partial charge in [-0.2, -0.15) is 0 Å². The van der Waals surface area contributed by atoms with Crippen molar-refractivity contribution in [2.24, 2.45) is 5.92 Å². The summed E-state index contributed by atoms with van der Waals surface area (Å²) in [5.74, 6) is 0.513. The van der Waals surface area contributed by atoms with Gasteiger partial charge in [0.05, 0.1) is 5.92 Å². The van der Waals surface area contributed by atoms with Crippen molar-refractivity contribution >= 4 is 18.3 Å². The zero-order valence-corrected chi connectivity index (χ0v) is 9.94. The van der Waals surface area contributed by atoms with E-state index in [4.69, 9.17) is 0 Å². The highest BCUT2D eigenvalue weighted by Gasteiger charge is 2.24.